The Balaban J connectivity index is 1.94. The van der Waals surface area contributed by atoms with Gasteiger partial charge in [-0.2, -0.15) is 0 Å². The summed E-state index contributed by atoms with van der Waals surface area (Å²) >= 11 is 5.96. The first kappa shape index (κ1) is 14.4. The van der Waals surface area contributed by atoms with Crippen LogP contribution in [0.5, 0.6) is 0 Å². The number of nitrogens with two attached hydrogens (primary N) is 1. The molecule has 0 aromatic heterocycles. The van der Waals surface area contributed by atoms with Crippen LogP contribution in [0.1, 0.15) is 44.2 Å². The monoisotopic (exact) mass is 280 g/mol. The maximum atomic E-state index is 12.2. The SMILES string of the molecule is C[C@@H](NC(=O)C1CCCC(N)C1)c1cccc(Cl)c1. The summed E-state index contributed by atoms with van der Waals surface area (Å²) in [6.45, 7) is 1.98. The molecule has 0 aliphatic heterocycles. The number of rotatable bonds is 3. The van der Waals surface area contributed by atoms with E-state index in [0.717, 1.165) is 31.2 Å². The molecule has 1 saturated carbocycles. The van der Waals surface area contributed by atoms with Crippen molar-refractivity contribution in [2.24, 2.45) is 11.7 Å². The summed E-state index contributed by atoms with van der Waals surface area (Å²) in [5.41, 5.74) is 6.96. The Kier molecular flexibility index (Phi) is 4.83. The number of halogens is 1. The molecule has 104 valence electrons. The first-order valence-electron chi connectivity index (χ1n) is 6.87. The summed E-state index contributed by atoms with van der Waals surface area (Å²) in [7, 11) is 0. The van der Waals surface area contributed by atoms with Crippen LogP contribution >= 0.6 is 11.6 Å². The highest BCUT2D eigenvalue weighted by molar-refractivity contribution is 6.30. The quantitative estimate of drug-likeness (QED) is 0.894. The van der Waals surface area contributed by atoms with Gasteiger partial charge < -0.3 is 11.1 Å². The van der Waals surface area contributed by atoms with Crippen molar-refractivity contribution < 1.29 is 4.79 Å². The van der Waals surface area contributed by atoms with Crippen LogP contribution in [-0.4, -0.2) is 11.9 Å². The molecule has 3 atom stereocenters. The Morgan fingerprint density at radius 2 is 2.26 bits per heavy atom. The molecule has 4 heteroatoms. The molecule has 1 fully saturated rings. The third-order valence-electron chi connectivity index (χ3n) is 3.79. The van der Waals surface area contributed by atoms with Crippen LogP contribution in [0.4, 0.5) is 0 Å². The molecular weight excluding hydrogens is 260 g/mol. The lowest BCUT2D eigenvalue weighted by molar-refractivity contribution is -0.126. The third kappa shape index (κ3) is 3.95. The standard InChI is InChI=1S/C15H21ClN2O/c1-10(11-4-2-6-13(16)8-11)18-15(19)12-5-3-7-14(17)9-12/h2,4,6,8,10,12,14H,3,5,7,9,17H2,1H3,(H,18,19)/t10-,12?,14?/m1/s1. The number of carbonyl (C=O) groups excluding carboxylic acids is 1. The van der Waals surface area contributed by atoms with E-state index in [1.54, 1.807) is 0 Å². The lowest BCUT2D eigenvalue weighted by atomic mass is 9.85. The summed E-state index contributed by atoms with van der Waals surface area (Å²) in [5, 5.41) is 3.75. The average molecular weight is 281 g/mol. The Hall–Kier alpha value is -1.06. The van der Waals surface area contributed by atoms with E-state index in [1.165, 1.54) is 0 Å². The van der Waals surface area contributed by atoms with Gasteiger partial charge in [0.1, 0.15) is 0 Å². The second-order valence-electron chi connectivity index (χ2n) is 5.41. The van der Waals surface area contributed by atoms with E-state index in [1.807, 2.05) is 31.2 Å². The van der Waals surface area contributed by atoms with Gasteiger partial charge in [-0.3, -0.25) is 4.79 Å². The van der Waals surface area contributed by atoms with Gasteiger partial charge in [-0.15, -0.1) is 0 Å². The molecular formula is C15H21ClN2O. The minimum atomic E-state index is -0.0237. The van der Waals surface area contributed by atoms with E-state index in [0.29, 0.717) is 5.02 Å². The summed E-state index contributed by atoms with van der Waals surface area (Å²) in [5.74, 6) is 0.174. The maximum Gasteiger partial charge on any atom is 0.223 e. The van der Waals surface area contributed by atoms with Gasteiger partial charge in [0.2, 0.25) is 5.91 Å². The van der Waals surface area contributed by atoms with Crippen molar-refractivity contribution in [2.75, 3.05) is 0 Å². The molecule has 3 N–H and O–H groups in total. The number of nitrogens with one attached hydrogen (secondary N) is 1. The maximum absolute atomic E-state index is 12.2. The number of hydrogen-bond acceptors (Lipinski definition) is 2. The van der Waals surface area contributed by atoms with Crippen molar-refractivity contribution in [1.29, 1.82) is 0 Å². The second kappa shape index (κ2) is 6.40. The normalized spacial score (nSPS) is 24.8. The molecule has 0 saturated heterocycles. The Morgan fingerprint density at radius 1 is 1.47 bits per heavy atom. The molecule has 0 radical (unpaired) electrons. The van der Waals surface area contributed by atoms with E-state index in [2.05, 4.69) is 5.32 Å². The highest BCUT2D eigenvalue weighted by atomic mass is 35.5. The van der Waals surface area contributed by atoms with E-state index in [4.69, 9.17) is 17.3 Å². The molecule has 1 aromatic rings. The summed E-state index contributed by atoms with van der Waals surface area (Å²) in [4.78, 5) is 12.2. The first-order chi connectivity index (χ1) is 9.06. The minimum Gasteiger partial charge on any atom is -0.349 e. The number of amides is 1. The van der Waals surface area contributed by atoms with E-state index in [-0.39, 0.29) is 23.9 Å². The molecule has 0 bridgehead atoms. The highest BCUT2D eigenvalue weighted by Gasteiger charge is 2.26. The van der Waals surface area contributed by atoms with Crippen LogP contribution in [0.3, 0.4) is 0 Å². The predicted molar refractivity (Wildman–Crippen MR) is 77.9 cm³/mol. The van der Waals surface area contributed by atoms with Crippen molar-refractivity contribution >= 4 is 17.5 Å². The van der Waals surface area contributed by atoms with Gasteiger partial charge in [0, 0.05) is 17.0 Å². The van der Waals surface area contributed by atoms with Crippen molar-refractivity contribution in [3.63, 3.8) is 0 Å². The van der Waals surface area contributed by atoms with E-state index >= 15 is 0 Å². The first-order valence-corrected chi connectivity index (χ1v) is 7.25. The van der Waals surface area contributed by atoms with Crippen LogP contribution in [0.2, 0.25) is 5.02 Å². The summed E-state index contributed by atoms with van der Waals surface area (Å²) in [6, 6.07) is 7.74. The lowest BCUT2D eigenvalue weighted by Gasteiger charge is -2.27. The molecule has 2 rings (SSSR count). The molecule has 0 spiro atoms. The lowest BCUT2D eigenvalue weighted by Crippen LogP contribution is -2.38. The van der Waals surface area contributed by atoms with E-state index < -0.39 is 0 Å². The topological polar surface area (TPSA) is 55.1 Å². The van der Waals surface area contributed by atoms with Crippen LogP contribution < -0.4 is 11.1 Å². The number of carbonyl (C=O) groups is 1. The summed E-state index contributed by atoms with van der Waals surface area (Å²) < 4.78 is 0. The molecule has 1 aromatic carbocycles. The average Bonchev–Trinajstić information content (AvgIpc) is 2.38. The fourth-order valence-corrected chi connectivity index (χ4v) is 2.85. The molecule has 1 aliphatic carbocycles. The molecule has 1 aliphatic rings. The summed E-state index contributed by atoms with van der Waals surface area (Å²) in [6.07, 6.45) is 3.83. The van der Waals surface area contributed by atoms with Crippen LogP contribution in [0, 0.1) is 5.92 Å². The Labute approximate surface area is 119 Å². The fourth-order valence-electron chi connectivity index (χ4n) is 2.66. The van der Waals surface area contributed by atoms with Crippen molar-refractivity contribution in [3.05, 3.63) is 34.9 Å². The number of hydrogen-bond donors (Lipinski definition) is 2. The zero-order valence-corrected chi connectivity index (χ0v) is 12.0. The van der Waals surface area contributed by atoms with Crippen LogP contribution in [-0.2, 0) is 4.79 Å². The van der Waals surface area contributed by atoms with E-state index in [9.17, 15) is 4.79 Å². The molecule has 1 amide bonds. The molecule has 0 heterocycles. The molecule has 19 heavy (non-hydrogen) atoms. The van der Waals surface area contributed by atoms with Gasteiger partial charge in [0.15, 0.2) is 0 Å². The molecule has 3 nitrogen and oxygen atoms in total. The zero-order chi connectivity index (χ0) is 13.8. The van der Waals surface area contributed by atoms with Gasteiger partial charge in [0.25, 0.3) is 0 Å². The van der Waals surface area contributed by atoms with Gasteiger partial charge in [-0.25, -0.2) is 0 Å². The van der Waals surface area contributed by atoms with Gasteiger partial charge in [-0.05, 0) is 43.9 Å². The Morgan fingerprint density at radius 3 is 2.95 bits per heavy atom. The van der Waals surface area contributed by atoms with Crippen LogP contribution in [0.15, 0.2) is 24.3 Å². The van der Waals surface area contributed by atoms with Crippen molar-refractivity contribution in [3.8, 4) is 0 Å². The largest absolute Gasteiger partial charge is 0.349 e. The van der Waals surface area contributed by atoms with Crippen LogP contribution in [0.25, 0.3) is 0 Å². The van der Waals surface area contributed by atoms with Gasteiger partial charge >= 0.3 is 0 Å². The fraction of sp³-hybridized carbons (Fsp3) is 0.533. The highest BCUT2D eigenvalue weighted by Crippen LogP contribution is 2.24. The Bertz CT molecular complexity index is 450. The number of benzene rings is 1. The van der Waals surface area contributed by atoms with Gasteiger partial charge in [0.05, 0.1) is 6.04 Å². The smallest absolute Gasteiger partial charge is 0.223 e. The third-order valence-corrected chi connectivity index (χ3v) is 4.03. The molecule has 2 unspecified atom stereocenters. The second-order valence-corrected chi connectivity index (χ2v) is 5.85. The van der Waals surface area contributed by atoms with Crippen molar-refractivity contribution in [1.82, 2.24) is 5.32 Å². The minimum absolute atomic E-state index is 0.0237. The van der Waals surface area contributed by atoms with Crippen molar-refractivity contribution in [2.45, 2.75) is 44.7 Å². The van der Waals surface area contributed by atoms with Gasteiger partial charge in [-0.1, -0.05) is 30.2 Å². The zero-order valence-electron chi connectivity index (χ0n) is 11.2. The predicted octanol–water partition coefficient (Wildman–Crippen LogP) is 3.03.